The number of rotatable bonds is 2. The Balaban J connectivity index is 1.70. The Bertz CT molecular complexity index is 798. The Hall–Kier alpha value is -2.01. The van der Waals surface area contributed by atoms with E-state index < -0.39 is 0 Å². The summed E-state index contributed by atoms with van der Waals surface area (Å²) in [5.41, 5.74) is 3.44. The fourth-order valence-corrected chi connectivity index (χ4v) is 4.06. The largest absolute Gasteiger partial charge is 0.365 e. The minimum Gasteiger partial charge on any atom is -0.365 e. The Kier molecular flexibility index (Phi) is 3.50. The molecule has 5 heteroatoms. The third-order valence-electron chi connectivity index (χ3n) is 4.09. The summed E-state index contributed by atoms with van der Waals surface area (Å²) in [7, 11) is 0. The van der Waals surface area contributed by atoms with Crippen molar-refractivity contribution in [3.05, 3.63) is 54.7 Å². The topological polar surface area (TPSA) is 33.4 Å². The molecule has 0 fully saturated rings. The summed E-state index contributed by atoms with van der Waals surface area (Å²) in [6.07, 6.45) is 8.75. The highest BCUT2D eigenvalue weighted by molar-refractivity contribution is 8.00. The van der Waals surface area contributed by atoms with Crippen molar-refractivity contribution in [1.82, 2.24) is 14.4 Å². The molecule has 112 valence electrons. The van der Waals surface area contributed by atoms with Crippen molar-refractivity contribution in [2.45, 2.75) is 30.0 Å². The first-order chi connectivity index (χ1) is 10.8. The van der Waals surface area contributed by atoms with E-state index in [9.17, 15) is 0 Å². The number of nitrogens with zero attached hydrogens (tertiary/aromatic N) is 4. The van der Waals surface area contributed by atoms with Crippen molar-refractivity contribution in [3.8, 4) is 0 Å². The van der Waals surface area contributed by atoms with Gasteiger partial charge in [0.05, 0.1) is 30.3 Å². The fraction of sp³-hybridized carbons (Fsp3) is 0.294. The van der Waals surface area contributed by atoms with Gasteiger partial charge in [0.15, 0.2) is 5.65 Å². The average molecular weight is 310 g/mol. The molecule has 1 aliphatic heterocycles. The second-order valence-corrected chi connectivity index (χ2v) is 7.14. The summed E-state index contributed by atoms with van der Waals surface area (Å²) >= 11 is 1.98. The highest BCUT2D eigenvalue weighted by Gasteiger charge is 2.20. The molecule has 3 heterocycles. The van der Waals surface area contributed by atoms with Crippen LogP contribution in [0.3, 0.4) is 0 Å². The van der Waals surface area contributed by atoms with Crippen LogP contribution in [0.1, 0.15) is 19.0 Å². The zero-order valence-electron chi connectivity index (χ0n) is 12.5. The van der Waals surface area contributed by atoms with E-state index in [0.717, 1.165) is 18.7 Å². The molecule has 0 saturated carbocycles. The molecule has 0 unspecified atom stereocenters. The predicted octanol–water partition coefficient (Wildman–Crippen LogP) is 3.62. The van der Waals surface area contributed by atoms with E-state index in [1.165, 1.54) is 22.7 Å². The van der Waals surface area contributed by atoms with E-state index >= 15 is 0 Å². The number of fused-ring (bicyclic) bond motifs is 2. The number of imidazole rings is 1. The maximum atomic E-state index is 4.45. The van der Waals surface area contributed by atoms with Crippen molar-refractivity contribution in [3.63, 3.8) is 0 Å². The van der Waals surface area contributed by atoms with Crippen LogP contribution in [-0.4, -0.2) is 26.2 Å². The lowest BCUT2D eigenvalue weighted by Crippen LogP contribution is -2.25. The molecule has 4 rings (SSSR count). The Morgan fingerprint density at radius 3 is 3.14 bits per heavy atom. The van der Waals surface area contributed by atoms with Crippen molar-refractivity contribution in [2.24, 2.45) is 0 Å². The average Bonchev–Trinajstić information content (AvgIpc) is 2.87. The van der Waals surface area contributed by atoms with Gasteiger partial charge < -0.3 is 4.90 Å². The van der Waals surface area contributed by atoms with Gasteiger partial charge in [-0.1, -0.05) is 19.1 Å². The van der Waals surface area contributed by atoms with E-state index in [2.05, 4.69) is 50.5 Å². The molecule has 0 saturated heterocycles. The first-order valence-electron chi connectivity index (χ1n) is 7.58. The molecule has 0 N–H and O–H groups in total. The van der Waals surface area contributed by atoms with Gasteiger partial charge in [0, 0.05) is 29.1 Å². The van der Waals surface area contributed by atoms with Crippen molar-refractivity contribution in [1.29, 1.82) is 0 Å². The molecule has 0 spiro atoms. The van der Waals surface area contributed by atoms with Crippen LogP contribution in [0.2, 0.25) is 0 Å². The minimum absolute atomic E-state index is 0.650. The molecule has 22 heavy (non-hydrogen) atoms. The van der Waals surface area contributed by atoms with Gasteiger partial charge >= 0.3 is 0 Å². The lowest BCUT2D eigenvalue weighted by atomic mass is 10.2. The van der Waals surface area contributed by atoms with E-state index in [-0.39, 0.29) is 0 Å². The summed E-state index contributed by atoms with van der Waals surface area (Å²) in [6, 6.07) is 8.71. The Labute approximate surface area is 134 Å². The number of anilines is 1. The molecule has 0 radical (unpaired) electrons. The molecular weight excluding hydrogens is 292 g/mol. The number of thioether (sulfide) groups is 1. The second kappa shape index (κ2) is 5.65. The van der Waals surface area contributed by atoms with Crippen LogP contribution in [-0.2, 0) is 6.54 Å². The summed E-state index contributed by atoms with van der Waals surface area (Å²) in [4.78, 5) is 12.4. The summed E-state index contributed by atoms with van der Waals surface area (Å²) in [5.74, 6) is 0. The maximum Gasteiger partial charge on any atom is 0.155 e. The van der Waals surface area contributed by atoms with Gasteiger partial charge in [-0.2, -0.15) is 0 Å². The Morgan fingerprint density at radius 1 is 1.27 bits per heavy atom. The molecule has 1 atom stereocenters. The molecule has 4 nitrogen and oxygen atoms in total. The van der Waals surface area contributed by atoms with Crippen LogP contribution in [0.25, 0.3) is 5.65 Å². The monoisotopic (exact) mass is 310 g/mol. The van der Waals surface area contributed by atoms with Gasteiger partial charge in [-0.05, 0) is 18.6 Å². The molecule has 1 aliphatic rings. The van der Waals surface area contributed by atoms with E-state index in [4.69, 9.17) is 0 Å². The van der Waals surface area contributed by atoms with Crippen molar-refractivity contribution in [2.75, 3.05) is 11.4 Å². The lowest BCUT2D eigenvalue weighted by Gasteiger charge is -2.24. The van der Waals surface area contributed by atoms with Gasteiger partial charge in [-0.25, -0.2) is 4.98 Å². The van der Waals surface area contributed by atoms with Gasteiger partial charge in [0.25, 0.3) is 0 Å². The zero-order valence-corrected chi connectivity index (χ0v) is 13.3. The van der Waals surface area contributed by atoms with E-state index in [1.54, 1.807) is 6.20 Å². The summed E-state index contributed by atoms with van der Waals surface area (Å²) in [6.45, 7) is 4.25. The van der Waals surface area contributed by atoms with Crippen LogP contribution in [0.15, 0.2) is 53.9 Å². The first kappa shape index (κ1) is 13.6. The summed E-state index contributed by atoms with van der Waals surface area (Å²) < 4.78 is 2.12. The lowest BCUT2D eigenvalue weighted by molar-refractivity contribution is 0.717. The van der Waals surface area contributed by atoms with Crippen LogP contribution in [0.4, 0.5) is 5.69 Å². The number of aromatic nitrogens is 3. The zero-order chi connectivity index (χ0) is 14.9. The van der Waals surface area contributed by atoms with Crippen LogP contribution in [0, 0.1) is 0 Å². The fourth-order valence-electron chi connectivity index (χ4n) is 2.92. The predicted molar refractivity (Wildman–Crippen MR) is 90.4 cm³/mol. The van der Waals surface area contributed by atoms with Gasteiger partial charge in [-0.3, -0.25) is 9.38 Å². The molecule has 3 aromatic rings. The van der Waals surface area contributed by atoms with Crippen LogP contribution < -0.4 is 4.90 Å². The highest BCUT2D eigenvalue weighted by atomic mass is 32.2. The second-order valence-electron chi connectivity index (χ2n) is 5.66. The van der Waals surface area contributed by atoms with Gasteiger partial charge in [0.1, 0.15) is 0 Å². The van der Waals surface area contributed by atoms with Gasteiger partial charge in [0.2, 0.25) is 0 Å². The van der Waals surface area contributed by atoms with Crippen molar-refractivity contribution < 1.29 is 0 Å². The smallest absolute Gasteiger partial charge is 0.155 e. The quantitative estimate of drug-likeness (QED) is 0.724. The molecule has 2 aromatic heterocycles. The molecule has 0 amide bonds. The number of para-hydroxylation sites is 1. The van der Waals surface area contributed by atoms with Crippen LogP contribution in [0.5, 0.6) is 0 Å². The third-order valence-corrected chi connectivity index (χ3v) is 5.32. The molecule has 0 aliphatic carbocycles. The van der Waals surface area contributed by atoms with Crippen molar-refractivity contribution >= 4 is 23.1 Å². The number of hydrogen-bond acceptors (Lipinski definition) is 4. The summed E-state index contributed by atoms with van der Waals surface area (Å²) in [5, 5.41) is 0.650. The standard InChI is InChI=1S/C17H18N4S/c1-13-6-8-20(15-4-2-3-5-16(15)22-13)12-14-10-19-17-11-18-7-9-21(14)17/h2-5,7,9-11,13H,6,8,12H2,1H3/t13-/m1/s1. The minimum atomic E-state index is 0.650. The maximum absolute atomic E-state index is 4.45. The third kappa shape index (κ3) is 2.46. The number of hydrogen-bond donors (Lipinski definition) is 0. The molecule has 0 bridgehead atoms. The van der Waals surface area contributed by atoms with Gasteiger partial charge in [-0.15, -0.1) is 11.8 Å². The molecule has 1 aromatic carbocycles. The SMILES string of the molecule is C[C@@H]1CCN(Cc2cnc3cnccn23)c2ccccc2S1. The number of benzene rings is 1. The highest BCUT2D eigenvalue weighted by Crippen LogP contribution is 2.37. The first-order valence-corrected chi connectivity index (χ1v) is 8.46. The Morgan fingerprint density at radius 2 is 2.18 bits per heavy atom. The molecular formula is C17H18N4S. The van der Waals surface area contributed by atoms with E-state index in [1.807, 2.05) is 30.4 Å². The van der Waals surface area contributed by atoms with Crippen LogP contribution >= 0.6 is 11.8 Å². The normalized spacial score (nSPS) is 18.2. The van der Waals surface area contributed by atoms with E-state index in [0.29, 0.717) is 5.25 Å².